The van der Waals surface area contributed by atoms with Crippen LogP contribution in [0.3, 0.4) is 0 Å². The van der Waals surface area contributed by atoms with Gasteiger partial charge in [-0.3, -0.25) is 4.79 Å². The average Bonchev–Trinajstić information content (AvgIpc) is 3.77. The molecule has 4 aromatic carbocycles. The molecule has 2 aliphatic rings. The number of ether oxygens (including phenoxy) is 1. The summed E-state index contributed by atoms with van der Waals surface area (Å²) in [6.07, 6.45) is 0. The van der Waals surface area contributed by atoms with Crippen LogP contribution in [0.1, 0.15) is 6.92 Å². The number of hydrogen-bond acceptors (Lipinski definition) is 8. The number of rotatable bonds is 1. The average molecular weight is 628 g/mol. The van der Waals surface area contributed by atoms with Crippen molar-refractivity contribution in [1.29, 1.82) is 0 Å². The van der Waals surface area contributed by atoms with Crippen LogP contribution in [-0.4, -0.2) is 45.8 Å². The van der Waals surface area contributed by atoms with Crippen molar-refractivity contribution in [1.82, 2.24) is 39.9 Å². The Morgan fingerprint density at radius 2 is 0.911 bits per heavy atom. The SMILES string of the molecule is CC(=O)Oc1cccc2c3nc4nc(nc5[nH]c(nc6nc(nc([nH]3)c12)-c1ccccc1-6)c1ccccc51)-c1ccccc1-4.[Mn]. The van der Waals surface area contributed by atoms with E-state index in [1.54, 1.807) is 6.07 Å². The predicted molar refractivity (Wildman–Crippen MR) is 167 cm³/mol. The molecule has 7 aromatic rings. The molecule has 0 amide bonds. The van der Waals surface area contributed by atoms with Crippen LogP contribution in [0.25, 0.3) is 89.7 Å². The number of carbonyl (C=O) groups excluding carboxylic acids is 1. The van der Waals surface area contributed by atoms with E-state index in [-0.39, 0.29) is 17.1 Å². The van der Waals surface area contributed by atoms with E-state index in [1.807, 2.05) is 84.9 Å². The second-order valence-corrected chi connectivity index (χ2v) is 10.5. The third-order valence-corrected chi connectivity index (χ3v) is 7.79. The molecule has 0 unspecified atom stereocenters. The predicted octanol–water partition coefficient (Wildman–Crippen LogP) is 6.79. The number of nitrogens with one attached hydrogen (secondary N) is 2. The molecule has 0 fully saturated rings. The number of carbonyl (C=O) groups is 1. The molecule has 0 aliphatic carbocycles. The summed E-state index contributed by atoms with van der Waals surface area (Å²) < 4.78 is 5.62. The van der Waals surface area contributed by atoms with Gasteiger partial charge in [0.1, 0.15) is 28.3 Å². The fourth-order valence-electron chi connectivity index (χ4n) is 5.90. The van der Waals surface area contributed by atoms with Crippen LogP contribution in [-0.2, 0) is 21.9 Å². The number of hydrogen-bond donors (Lipinski definition) is 2. The molecule has 0 saturated carbocycles. The molecule has 10 nitrogen and oxygen atoms in total. The zero-order valence-electron chi connectivity index (χ0n) is 23.5. The summed E-state index contributed by atoms with van der Waals surface area (Å²) in [5.41, 5.74) is 5.63. The quantitative estimate of drug-likeness (QED) is 0.115. The van der Waals surface area contributed by atoms with Gasteiger partial charge >= 0.3 is 5.97 Å². The van der Waals surface area contributed by atoms with Crippen LogP contribution in [0.4, 0.5) is 0 Å². The van der Waals surface area contributed by atoms with Crippen LogP contribution >= 0.6 is 0 Å². The standard InChI is InChI=1S/C34H20N8O2.Mn/c1-17(43)44-25-16-8-15-24-26(25)34-41-32-23-14-7-6-13-22(23)30(39-32)37-28-19-10-3-2-9-18(19)27(35-28)36-29-20-11-4-5-12-21(20)31(38-29)40-33(24)42-34;/h2-16H,1H3,(H2,35,36,37,38,39,40,41,42);. The van der Waals surface area contributed by atoms with Gasteiger partial charge < -0.3 is 14.7 Å². The second kappa shape index (κ2) is 10.2. The van der Waals surface area contributed by atoms with E-state index < -0.39 is 5.97 Å². The molecule has 3 aromatic heterocycles. The van der Waals surface area contributed by atoms with Gasteiger partial charge in [-0.25, -0.2) is 29.9 Å². The smallest absolute Gasteiger partial charge is 0.308 e. The number of H-pyrrole nitrogens is 2. The summed E-state index contributed by atoms with van der Waals surface area (Å²) in [4.78, 5) is 48.6. The van der Waals surface area contributed by atoms with E-state index in [2.05, 4.69) is 9.97 Å². The summed E-state index contributed by atoms with van der Waals surface area (Å²) in [5, 5.41) is 3.15. The van der Waals surface area contributed by atoms with E-state index in [1.165, 1.54) is 6.92 Å². The summed E-state index contributed by atoms with van der Waals surface area (Å²) in [7, 11) is 0. The maximum absolute atomic E-state index is 12.1. The first-order chi connectivity index (χ1) is 21.6. The Labute approximate surface area is 265 Å². The number of nitrogens with zero attached hydrogens (tertiary/aromatic N) is 6. The van der Waals surface area contributed by atoms with Gasteiger partial charge in [-0.1, -0.05) is 84.9 Å². The minimum atomic E-state index is -0.438. The summed E-state index contributed by atoms with van der Waals surface area (Å²) in [5.74, 6) is 1.95. The first-order valence-corrected chi connectivity index (χ1v) is 14.0. The van der Waals surface area contributed by atoms with Crippen molar-refractivity contribution in [2.24, 2.45) is 0 Å². The third-order valence-electron chi connectivity index (χ3n) is 7.79. The fourth-order valence-corrected chi connectivity index (χ4v) is 5.90. The van der Waals surface area contributed by atoms with Gasteiger partial charge in [-0.05, 0) is 6.07 Å². The van der Waals surface area contributed by atoms with Gasteiger partial charge in [0.25, 0.3) is 0 Å². The number of aromatic nitrogens is 8. The number of fused-ring (bicyclic) bond motifs is 20. The number of benzene rings is 4. The van der Waals surface area contributed by atoms with E-state index >= 15 is 0 Å². The molecular formula is C34H20MnN8O2. The maximum Gasteiger partial charge on any atom is 0.308 e. The van der Waals surface area contributed by atoms with Crippen molar-refractivity contribution in [3.05, 3.63) is 91.0 Å². The van der Waals surface area contributed by atoms with Crippen molar-refractivity contribution in [3.8, 4) is 51.3 Å². The topological polar surface area (TPSA) is 135 Å². The van der Waals surface area contributed by atoms with Crippen molar-refractivity contribution in [3.63, 3.8) is 0 Å². The number of aromatic amines is 2. The molecule has 2 N–H and O–H groups in total. The second-order valence-electron chi connectivity index (χ2n) is 10.5. The van der Waals surface area contributed by atoms with Crippen LogP contribution in [0, 0.1) is 0 Å². The Kier molecular flexibility index (Phi) is 6.05. The summed E-state index contributed by atoms with van der Waals surface area (Å²) in [6.45, 7) is 1.37. The third kappa shape index (κ3) is 4.21. The molecule has 215 valence electrons. The fraction of sp³-hybridized carbons (Fsp3) is 0.0294. The Morgan fingerprint density at radius 1 is 0.511 bits per heavy atom. The molecule has 0 saturated heterocycles. The zero-order valence-corrected chi connectivity index (χ0v) is 24.7. The van der Waals surface area contributed by atoms with Crippen LogP contribution < -0.4 is 4.74 Å². The molecule has 11 heteroatoms. The molecule has 5 heterocycles. The normalized spacial score (nSPS) is 11.6. The van der Waals surface area contributed by atoms with Crippen molar-refractivity contribution < 1.29 is 26.6 Å². The summed E-state index contributed by atoms with van der Waals surface area (Å²) >= 11 is 0. The monoisotopic (exact) mass is 627 g/mol. The zero-order chi connectivity index (χ0) is 29.4. The first-order valence-electron chi connectivity index (χ1n) is 14.0. The van der Waals surface area contributed by atoms with Crippen LogP contribution in [0.15, 0.2) is 91.0 Å². The molecule has 0 atom stereocenters. The Morgan fingerprint density at radius 3 is 1.40 bits per heavy atom. The van der Waals surface area contributed by atoms with E-state index in [4.69, 9.17) is 34.6 Å². The molecule has 9 rings (SSSR count). The van der Waals surface area contributed by atoms with Crippen LogP contribution in [0.2, 0.25) is 0 Å². The van der Waals surface area contributed by atoms with Crippen molar-refractivity contribution in [2.75, 3.05) is 0 Å². The molecule has 1 radical (unpaired) electrons. The van der Waals surface area contributed by atoms with Gasteiger partial charge in [-0.15, -0.1) is 0 Å². The summed E-state index contributed by atoms with van der Waals surface area (Å²) in [6, 6.07) is 29.1. The van der Waals surface area contributed by atoms with E-state index in [0.29, 0.717) is 57.0 Å². The molecule has 45 heavy (non-hydrogen) atoms. The van der Waals surface area contributed by atoms with Gasteiger partial charge in [-0.2, -0.15) is 0 Å². The minimum absolute atomic E-state index is 0. The molecule has 2 aliphatic heterocycles. The minimum Gasteiger partial charge on any atom is -0.426 e. The Bertz CT molecular complexity index is 2530. The van der Waals surface area contributed by atoms with Crippen LogP contribution in [0.5, 0.6) is 5.75 Å². The Balaban J connectivity index is 0.00000300. The largest absolute Gasteiger partial charge is 0.426 e. The van der Waals surface area contributed by atoms with Gasteiger partial charge in [0.05, 0.1) is 5.39 Å². The van der Waals surface area contributed by atoms with E-state index in [0.717, 1.165) is 38.4 Å². The van der Waals surface area contributed by atoms with Gasteiger partial charge in [0, 0.05) is 62.4 Å². The van der Waals surface area contributed by atoms with Gasteiger partial charge in [0.15, 0.2) is 23.3 Å². The first kappa shape index (κ1) is 26.8. The molecular weight excluding hydrogens is 607 g/mol. The van der Waals surface area contributed by atoms with E-state index in [9.17, 15) is 4.79 Å². The Hall–Kier alpha value is -5.77. The molecule has 8 bridgehead atoms. The number of esters is 1. The van der Waals surface area contributed by atoms with Gasteiger partial charge in [0.2, 0.25) is 0 Å². The van der Waals surface area contributed by atoms with Crippen molar-refractivity contribution in [2.45, 2.75) is 6.92 Å². The maximum atomic E-state index is 12.1. The molecule has 0 spiro atoms. The van der Waals surface area contributed by atoms with Crippen molar-refractivity contribution >= 4 is 50.1 Å².